The number of esters is 2. The largest absolute Gasteiger partial charge is 0.462 e. The Morgan fingerprint density at radius 2 is 2.12 bits per heavy atom. The number of amides is 1. The average Bonchev–Trinajstić information content (AvgIpc) is 3.36. The molecule has 4 rings (SSSR count). The number of H-pyrrole nitrogens is 1. The lowest BCUT2D eigenvalue weighted by molar-refractivity contribution is -0.123. The van der Waals surface area contributed by atoms with E-state index < -0.39 is 23.9 Å². The number of hydrogen-bond donors (Lipinski definition) is 2. The third-order valence-electron chi connectivity index (χ3n) is 5.54. The summed E-state index contributed by atoms with van der Waals surface area (Å²) in [4.78, 5) is 46.1. The highest BCUT2D eigenvalue weighted by atomic mass is 32.1. The third kappa shape index (κ3) is 4.38. The summed E-state index contributed by atoms with van der Waals surface area (Å²) < 4.78 is 10.6. The molecule has 3 aromatic rings. The second-order valence-electron chi connectivity index (χ2n) is 7.95. The SMILES string of the molecule is CCOC(=O)c1c(NC(=O)C(C)OC(=O)c2ccc3nc[nH]c3c2)sc2c1CCC(C)C2. The van der Waals surface area contributed by atoms with E-state index in [1.54, 1.807) is 31.5 Å². The predicted octanol–water partition coefficient (Wildman–Crippen LogP) is 4.11. The number of benzene rings is 1. The number of imidazole rings is 1. The summed E-state index contributed by atoms with van der Waals surface area (Å²) in [6.07, 6.45) is 3.12. The summed E-state index contributed by atoms with van der Waals surface area (Å²) >= 11 is 1.40. The van der Waals surface area contributed by atoms with E-state index >= 15 is 0 Å². The zero-order valence-corrected chi connectivity index (χ0v) is 19.0. The molecule has 8 nitrogen and oxygen atoms in total. The molecular formula is C23H25N3O5S. The maximum absolute atomic E-state index is 12.8. The van der Waals surface area contributed by atoms with Gasteiger partial charge in [-0.3, -0.25) is 4.79 Å². The number of hydrogen-bond acceptors (Lipinski definition) is 7. The molecule has 32 heavy (non-hydrogen) atoms. The summed E-state index contributed by atoms with van der Waals surface area (Å²) in [7, 11) is 0. The molecule has 2 heterocycles. The molecule has 1 aliphatic rings. The van der Waals surface area contributed by atoms with E-state index in [0.717, 1.165) is 35.2 Å². The minimum atomic E-state index is -1.05. The molecule has 2 atom stereocenters. The Kier molecular flexibility index (Phi) is 6.27. The number of fused-ring (bicyclic) bond motifs is 2. The second-order valence-corrected chi connectivity index (χ2v) is 9.05. The predicted molar refractivity (Wildman–Crippen MR) is 121 cm³/mol. The van der Waals surface area contributed by atoms with Crippen LogP contribution in [-0.2, 0) is 27.1 Å². The van der Waals surface area contributed by atoms with Gasteiger partial charge >= 0.3 is 11.9 Å². The van der Waals surface area contributed by atoms with Gasteiger partial charge in [0.25, 0.3) is 5.91 Å². The van der Waals surface area contributed by atoms with E-state index in [4.69, 9.17) is 9.47 Å². The van der Waals surface area contributed by atoms with Crippen LogP contribution >= 0.6 is 11.3 Å². The van der Waals surface area contributed by atoms with Gasteiger partial charge in [-0.2, -0.15) is 0 Å². The fourth-order valence-electron chi connectivity index (χ4n) is 3.82. The van der Waals surface area contributed by atoms with Crippen LogP contribution in [0, 0.1) is 5.92 Å². The van der Waals surface area contributed by atoms with Crippen LogP contribution in [0.1, 0.15) is 58.3 Å². The fraction of sp³-hybridized carbons (Fsp3) is 0.391. The molecule has 2 aromatic heterocycles. The first-order valence-corrected chi connectivity index (χ1v) is 11.5. The molecule has 0 saturated heterocycles. The van der Waals surface area contributed by atoms with Gasteiger partial charge in [0, 0.05) is 4.88 Å². The van der Waals surface area contributed by atoms with Crippen LogP contribution in [0.15, 0.2) is 24.5 Å². The van der Waals surface area contributed by atoms with Gasteiger partial charge in [0.05, 0.1) is 35.1 Å². The Bertz CT molecular complexity index is 1180. The molecule has 0 spiro atoms. The molecule has 0 bridgehead atoms. The van der Waals surface area contributed by atoms with Crippen molar-refractivity contribution in [2.45, 2.75) is 46.1 Å². The Morgan fingerprint density at radius 1 is 1.31 bits per heavy atom. The molecule has 1 amide bonds. The molecule has 0 saturated carbocycles. The van der Waals surface area contributed by atoms with Gasteiger partial charge in [0.1, 0.15) is 5.00 Å². The average molecular weight is 456 g/mol. The lowest BCUT2D eigenvalue weighted by Gasteiger charge is -2.18. The first-order valence-electron chi connectivity index (χ1n) is 10.6. The standard InChI is InChI=1S/C23H25N3O5S/c1-4-30-23(29)19-15-7-5-12(2)9-18(15)32-21(19)26-20(27)13(3)31-22(28)14-6-8-16-17(10-14)25-11-24-16/h6,8,10-13H,4-5,7,9H2,1-3H3,(H,24,25)(H,26,27). The topological polar surface area (TPSA) is 110 Å². The Labute approximate surface area is 189 Å². The van der Waals surface area contributed by atoms with Crippen molar-refractivity contribution in [2.24, 2.45) is 5.92 Å². The number of nitrogens with zero attached hydrogens (tertiary/aromatic N) is 1. The van der Waals surface area contributed by atoms with Gasteiger partial charge < -0.3 is 19.8 Å². The van der Waals surface area contributed by atoms with Gasteiger partial charge in [-0.05, 0) is 62.8 Å². The highest BCUT2D eigenvalue weighted by Gasteiger charge is 2.30. The normalized spacial score (nSPS) is 16.3. The maximum Gasteiger partial charge on any atom is 0.341 e. The van der Waals surface area contributed by atoms with E-state index in [1.807, 2.05) is 0 Å². The molecule has 0 radical (unpaired) electrons. The number of carbonyl (C=O) groups is 3. The zero-order valence-electron chi connectivity index (χ0n) is 18.2. The van der Waals surface area contributed by atoms with Gasteiger partial charge in [-0.15, -0.1) is 11.3 Å². The molecule has 2 unspecified atom stereocenters. The Morgan fingerprint density at radius 3 is 2.91 bits per heavy atom. The van der Waals surface area contributed by atoms with Crippen molar-refractivity contribution in [3.8, 4) is 0 Å². The van der Waals surface area contributed by atoms with Crippen molar-refractivity contribution in [1.82, 2.24) is 9.97 Å². The monoisotopic (exact) mass is 455 g/mol. The molecule has 0 fully saturated rings. The lowest BCUT2D eigenvalue weighted by atomic mass is 9.88. The second kappa shape index (κ2) is 9.12. The number of carbonyl (C=O) groups excluding carboxylic acids is 3. The molecule has 2 N–H and O–H groups in total. The summed E-state index contributed by atoms with van der Waals surface area (Å²) in [6, 6.07) is 4.93. The fourth-order valence-corrected chi connectivity index (χ4v) is 5.22. The van der Waals surface area contributed by atoms with Crippen molar-refractivity contribution in [3.05, 3.63) is 46.1 Å². The smallest absolute Gasteiger partial charge is 0.341 e. The van der Waals surface area contributed by atoms with Gasteiger partial charge in [0.15, 0.2) is 6.10 Å². The number of nitrogens with one attached hydrogen (secondary N) is 2. The zero-order chi connectivity index (χ0) is 22.8. The van der Waals surface area contributed by atoms with Crippen LogP contribution in [0.3, 0.4) is 0 Å². The minimum Gasteiger partial charge on any atom is -0.462 e. The molecule has 0 aliphatic heterocycles. The van der Waals surface area contributed by atoms with E-state index in [9.17, 15) is 14.4 Å². The Balaban J connectivity index is 1.50. The van der Waals surface area contributed by atoms with Crippen molar-refractivity contribution in [3.63, 3.8) is 0 Å². The molecular weight excluding hydrogens is 430 g/mol. The lowest BCUT2D eigenvalue weighted by Crippen LogP contribution is -2.30. The number of thiophene rings is 1. The van der Waals surface area contributed by atoms with Crippen molar-refractivity contribution < 1.29 is 23.9 Å². The van der Waals surface area contributed by atoms with Crippen molar-refractivity contribution >= 4 is 45.2 Å². The summed E-state index contributed by atoms with van der Waals surface area (Å²) in [5, 5.41) is 3.24. The maximum atomic E-state index is 12.8. The van der Waals surface area contributed by atoms with Crippen LogP contribution in [0.25, 0.3) is 11.0 Å². The summed E-state index contributed by atoms with van der Waals surface area (Å²) in [5.74, 6) is -1.04. The highest BCUT2D eigenvalue weighted by molar-refractivity contribution is 7.17. The number of ether oxygens (including phenoxy) is 2. The van der Waals surface area contributed by atoms with Crippen molar-refractivity contribution in [1.29, 1.82) is 0 Å². The summed E-state index contributed by atoms with van der Waals surface area (Å²) in [6.45, 7) is 5.68. The number of aromatic nitrogens is 2. The van der Waals surface area contributed by atoms with E-state index in [2.05, 4.69) is 22.2 Å². The Hall–Kier alpha value is -3.20. The number of anilines is 1. The van der Waals surface area contributed by atoms with Crippen LogP contribution in [0.5, 0.6) is 0 Å². The van der Waals surface area contributed by atoms with E-state index in [1.165, 1.54) is 18.3 Å². The summed E-state index contributed by atoms with van der Waals surface area (Å²) in [5.41, 5.74) is 3.13. The van der Waals surface area contributed by atoms with E-state index in [0.29, 0.717) is 27.6 Å². The van der Waals surface area contributed by atoms with Crippen LogP contribution in [-0.4, -0.2) is 40.5 Å². The van der Waals surface area contributed by atoms with Gasteiger partial charge in [-0.1, -0.05) is 6.92 Å². The molecule has 1 aliphatic carbocycles. The van der Waals surface area contributed by atoms with Crippen molar-refractivity contribution in [2.75, 3.05) is 11.9 Å². The molecule has 9 heteroatoms. The van der Waals surface area contributed by atoms with Crippen LogP contribution in [0.2, 0.25) is 0 Å². The van der Waals surface area contributed by atoms with Gasteiger partial charge in [-0.25, -0.2) is 14.6 Å². The highest BCUT2D eigenvalue weighted by Crippen LogP contribution is 2.40. The molecule has 168 valence electrons. The number of rotatable bonds is 6. The molecule has 1 aromatic carbocycles. The van der Waals surface area contributed by atoms with Gasteiger partial charge in [0.2, 0.25) is 0 Å². The first-order chi connectivity index (χ1) is 15.4. The minimum absolute atomic E-state index is 0.252. The third-order valence-corrected chi connectivity index (χ3v) is 6.71. The number of aromatic amines is 1. The van der Waals surface area contributed by atoms with Crippen LogP contribution in [0.4, 0.5) is 5.00 Å². The first kappa shape index (κ1) is 22.0. The quantitative estimate of drug-likeness (QED) is 0.541. The van der Waals surface area contributed by atoms with Crippen LogP contribution < -0.4 is 5.32 Å². The van der Waals surface area contributed by atoms with E-state index in [-0.39, 0.29) is 6.61 Å².